The second-order valence-corrected chi connectivity index (χ2v) is 6.75. The Morgan fingerprint density at radius 1 is 0.815 bits per heavy atom. The summed E-state index contributed by atoms with van der Waals surface area (Å²) >= 11 is 0. The fourth-order valence-corrected chi connectivity index (χ4v) is 3.99. The Kier molecular flexibility index (Phi) is 3.84. The van der Waals surface area contributed by atoms with Gasteiger partial charge in [-0.15, -0.1) is 0 Å². The summed E-state index contributed by atoms with van der Waals surface area (Å²) in [5.74, 6) is -0.481. The number of carbonyl (C=O) groups excluding carboxylic acids is 2. The van der Waals surface area contributed by atoms with Crippen molar-refractivity contribution in [1.82, 2.24) is 4.57 Å². The topological polar surface area (TPSA) is 59.3 Å². The lowest BCUT2D eigenvalue weighted by molar-refractivity contribution is 0.100. The zero-order valence-electron chi connectivity index (χ0n) is 15.4. The smallest absolute Gasteiger partial charge is 0.207 e. The van der Waals surface area contributed by atoms with E-state index in [-0.39, 0.29) is 23.0 Å². The Labute approximate surface area is 156 Å². The standard InChI is InChI=1S/C23H19NO3/c1-13-17-11-7-8-12-18(17)21-20(15(3)26)23(27)24(16-9-5-4-6-10-16)22(21)19(13)14(2)25/h4-12,27H,1-3H3. The molecule has 0 radical (unpaired) electrons. The Morgan fingerprint density at radius 3 is 1.96 bits per heavy atom. The molecule has 4 heteroatoms. The van der Waals surface area contributed by atoms with Gasteiger partial charge in [-0.2, -0.15) is 0 Å². The first-order chi connectivity index (χ1) is 12.9. The van der Waals surface area contributed by atoms with Gasteiger partial charge < -0.3 is 5.11 Å². The van der Waals surface area contributed by atoms with E-state index in [1.807, 2.05) is 61.5 Å². The lowest BCUT2D eigenvalue weighted by Crippen LogP contribution is -2.03. The van der Waals surface area contributed by atoms with Crippen LogP contribution < -0.4 is 0 Å². The molecule has 0 aliphatic heterocycles. The first-order valence-electron chi connectivity index (χ1n) is 8.79. The maximum atomic E-state index is 12.6. The average molecular weight is 357 g/mol. The van der Waals surface area contributed by atoms with Crippen molar-refractivity contribution in [2.24, 2.45) is 0 Å². The van der Waals surface area contributed by atoms with Gasteiger partial charge in [0.2, 0.25) is 5.88 Å². The van der Waals surface area contributed by atoms with Crippen molar-refractivity contribution in [3.63, 3.8) is 0 Å². The number of hydrogen-bond donors (Lipinski definition) is 1. The number of nitrogens with zero attached hydrogens (tertiary/aromatic N) is 1. The summed E-state index contributed by atoms with van der Waals surface area (Å²) in [6.45, 7) is 4.86. The van der Waals surface area contributed by atoms with E-state index in [9.17, 15) is 14.7 Å². The van der Waals surface area contributed by atoms with E-state index in [1.165, 1.54) is 13.8 Å². The number of benzene rings is 3. The van der Waals surface area contributed by atoms with Crippen LogP contribution in [0.15, 0.2) is 54.6 Å². The maximum Gasteiger partial charge on any atom is 0.207 e. The van der Waals surface area contributed by atoms with E-state index >= 15 is 0 Å². The van der Waals surface area contributed by atoms with Gasteiger partial charge in [0.1, 0.15) is 0 Å². The normalized spacial score (nSPS) is 11.2. The molecular weight excluding hydrogens is 338 g/mol. The van der Waals surface area contributed by atoms with Gasteiger partial charge in [-0.3, -0.25) is 14.2 Å². The first kappa shape index (κ1) is 17.0. The highest BCUT2D eigenvalue weighted by Gasteiger charge is 2.27. The summed E-state index contributed by atoms with van der Waals surface area (Å²) in [4.78, 5) is 25.1. The number of fused-ring (bicyclic) bond motifs is 3. The molecule has 4 aromatic rings. The van der Waals surface area contributed by atoms with Gasteiger partial charge in [-0.25, -0.2) is 0 Å². The summed E-state index contributed by atoms with van der Waals surface area (Å²) in [6, 6.07) is 17.0. The van der Waals surface area contributed by atoms with Crippen molar-refractivity contribution in [2.75, 3.05) is 0 Å². The molecule has 1 heterocycles. The van der Waals surface area contributed by atoms with Crippen molar-refractivity contribution in [2.45, 2.75) is 20.8 Å². The van der Waals surface area contributed by atoms with Crippen LogP contribution in [0.2, 0.25) is 0 Å². The number of rotatable bonds is 3. The summed E-state index contributed by atoms with van der Waals surface area (Å²) in [7, 11) is 0. The van der Waals surface area contributed by atoms with E-state index in [4.69, 9.17) is 0 Å². The molecule has 27 heavy (non-hydrogen) atoms. The highest BCUT2D eigenvalue weighted by atomic mass is 16.3. The number of ketones is 2. The molecule has 1 aromatic heterocycles. The predicted molar refractivity (Wildman–Crippen MR) is 107 cm³/mol. The minimum Gasteiger partial charge on any atom is -0.494 e. The zero-order valence-corrected chi connectivity index (χ0v) is 15.4. The van der Waals surface area contributed by atoms with Crippen LogP contribution in [0.5, 0.6) is 5.88 Å². The molecule has 0 aliphatic rings. The fraction of sp³-hybridized carbons (Fsp3) is 0.130. The Hall–Kier alpha value is -3.40. The maximum absolute atomic E-state index is 12.6. The van der Waals surface area contributed by atoms with E-state index in [2.05, 4.69) is 0 Å². The Balaban J connectivity index is 2.38. The van der Waals surface area contributed by atoms with Crippen LogP contribution in [0.25, 0.3) is 27.4 Å². The van der Waals surface area contributed by atoms with Crippen molar-refractivity contribution in [3.8, 4) is 11.6 Å². The lowest BCUT2D eigenvalue weighted by atomic mass is 9.92. The SMILES string of the molecule is CC(=O)c1c(O)n(-c2ccccc2)c2c(C(C)=O)c(C)c3ccccc3c12. The van der Waals surface area contributed by atoms with Crippen molar-refractivity contribution in [3.05, 3.63) is 71.3 Å². The molecule has 3 aromatic carbocycles. The third-order valence-corrected chi connectivity index (χ3v) is 5.08. The third-order valence-electron chi connectivity index (χ3n) is 5.08. The van der Waals surface area contributed by atoms with E-state index < -0.39 is 0 Å². The highest BCUT2D eigenvalue weighted by Crippen LogP contribution is 2.42. The summed E-state index contributed by atoms with van der Waals surface area (Å²) in [6.07, 6.45) is 0. The molecule has 0 atom stereocenters. The molecule has 134 valence electrons. The molecule has 0 saturated carbocycles. The van der Waals surface area contributed by atoms with Crippen LogP contribution in [0.1, 0.15) is 40.1 Å². The molecule has 0 spiro atoms. The number of aromatic hydroxyl groups is 1. The molecule has 1 N–H and O–H groups in total. The molecule has 4 rings (SSSR count). The molecule has 4 nitrogen and oxygen atoms in total. The van der Waals surface area contributed by atoms with E-state index in [1.54, 1.807) is 4.57 Å². The van der Waals surface area contributed by atoms with Crippen LogP contribution in [0.3, 0.4) is 0 Å². The fourth-order valence-electron chi connectivity index (χ4n) is 3.99. The van der Waals surface area contributed by atoms with Gasteiger partial charge in [-0.1, -0.05) is 42.5 Å². The number of carbonyl (C=O) groups is 2. The number of hydrogen-bond acceptors (Lipinski definition) is 3. The number of aromatic nitrogens is 1. The summed E-state index contributed by atoms with van der Waals surface area (Å²) in [5, 5.41) is 13.4. The van der Waals surface area contributed by atoms with Gasteiger partial charge in [0, 0.05) is 16.6 Å². The van der Waals surface area contributed by atoms with Crippen LogP contribution in [0.4, 0.5) is 0 Å². The minimum atomic E-state index is -0.240. The molecule has 0 bridgehead atoms. The van der Waals surface area contributed by atoms with Crippen LogP contribution >= 0.6 is 0 Å². The Bertz CT molecular complexity index is 1230. The highest BCUT2D eigenvalue weighted by molar-refractivity contribution is 6.25. The number of Topliss-reactive ketones (excluding diaryl/α,β-unsaturated/α-hetero) is 2. The van der Waals surface area contributed by atoms with Gasteiger partial charge >= 0.3 is 0 Å². The summed E-state index contributed by atoms with van der Waals surface area (Å²) < 4.78 is 1.61. The van der Waals surface area contributed by atoms with Crippen LogP contribution in [-0.2, 0) is 0 Å². The predicted octanol–water partition coefficient (Wildman–Crippen LogP) is 5.20. The second-order valence-electron chi connectivity index (χ2n) is 6.75. The summed E-state index contributed by atoms with van der Waals surface area (Å²) in [5.41, 5.74) is 2.88. The van der Waals surface area contributed by atoms with Crippen LogP contribution in [0, 0.1) is 6.92 Å². The molecule has 0 aliphatic carbocycles. The van der Waals surface area contributed by atoms with Crippen molar-refractivity contribution >= 4 is 33.2 Å². The quantitative estimate of drug-likeness (QED) is 0.513. The van der Waals surface area contributed by atoms with Gasteiger partial charge in [0.25, 0.3) is 0 Å². The first-order valence-corrected chi connectivity index (χ1v) is 8.79. The molecule has 0 fully saturated rings. The van der Waals surface area contributed by atoms with Gasteiger partial charge in [0.05, 0.1) is 11.1 Å². The molecule has 0 unspecified atom stereocenters. The number of aryl methyl sites for hydroxylation is 1. The van der Waals surface area contributed by atoms with E-state index in [0.29, 0.717) is 22.2 Å². The van der Waals surface area contributed by atoms with Crippen molar-refractivity contribution < 1.29 is 14.7 Å². The lowest BCUT2D eigenvalue weighted by Gasteiger charge is -2.14. The Morgan fingerprint density at radius 2 is 1.37 bits per heavy atom. The van der Waals surface area contributed by atoms with Gasteiger partial charge in [0.15, 0.2) is 11.6 Å². The van der Waals surface area contributed by atoms with Gasteiger partial charge in [-0.05, 0) is 49.2 Å². The molecule has 0 amide bonds. The third kappa shape index (κ3) is 2.37. The monoisotopic (exact) mass is 357 g/mol. The van der Waals surface area contributed by atoms with Crippen LogP contribution in [-0.4, -0.2) is 21.2 Å². The zero-order chi connectivity index (χ0) is 19.3. The average Bonchev–Trinajstić information content (AvgIpc) is 2.95. The molecule has 0 saturated heterocycles. The number of para-hydroxylation sites is 1. The van der Waals surface area contributed by atoms with Crippen molar-refractivity contribution in [1.29, 1.82) is 0 Å². The largest absolute Gasteiger partial charge is 0.494 e. The van der Waals surface area contributed by atoms with E-state index in [0.717, 1.165) is 16.3 Å². The molecular formula is C23H19NO3. The second kappa shape index (κ2) is 6.09. The minimum absolute atomic E-state index is 0.104.